The molecule has 0 bridgehead atoms. The normalized spacial score (nSPS) is 13.7. The minimum Gasteiger partial charge on any atom is -0.394 e. The summed E-state index contributed by atoms with van der Waals surface area (Å²) in [5, 5.41) is 44.1. The fourth-order valence-electron chi connectivity index (χ4n) is 10.4. The van der Waals surface area contributed by atoms with E-state index in [1.165, 1.54) is 283 Å². The van der Waals surface area contributed by atoms with Crippen LogP contribution in [0.3, 0.4) is 0 Å². The van der Waals surface area contributed by atoms with Crippen LogP contribution in [0.5, 0.6) is 0 Å². The molecular weight excluding hydrogens is 875 g/mol. The van der Waals surface area contributed by atoms with Crippen molar-refractivity contribution in [2.75, 3.05) is 6.61 Å². The molecule has 4 unspecified atom stereocenters. The number of nitrogens with one attached hydrogen (secondary N) is 1. The highest BCUT2D eigenvalue weighted by atomic mass is 16.3. The number of carbonyl (C=O) groups excluding carboxylic acids is 1. The van der Waals surface area contributed by atoms with Crippen LogP contribution in [0.1, 0.15) is 354 Å². The van der Waals surface area contributed by atoms with E-state index >= 15 is 0 Å². The summed E-state index contributed by atoms with van der Waals surface area (Å²) < 4.78 is 0. The zero-order valence-electron chi connectivity index (χ0n) is 48.0. The van der Waals surface area contributed by atoms with Gasteiger partial charge in [0.2, 0.25) is 5.91 Å². The van der Waals surface area contributed by atoms with Gasteiger partial charge in [0.05, 0.1) is 18.8 Å². The summed E-state index contributed by atoms with van der Waals surface area (Å²) in [5.74, 6) is -0.590. The maximum absolute atomic E-state index is 12.6. The Kier molecular flexibility index (Phi) is 58.6. The molecular formula is C65H127NO5. The van der Waals surface area contributed by atoms with Gasteiger partial charge in [0, 0.05) is 0 Å². The van der Waals surface area contributed by atoms with Gasteiger partial charge < -0.3 is 25.7 Å². The second-order valence-electron chi connectivity index (χ2n) is 22.5. The maximum atomic E-state index is 12.6. The average molecular weight is 1000 g/mol. The van der Waals surface area contributed by atoms with Gasteiger partial charge in [-0.3, -0.25) is 4.79 Å². The molecule has 422 valence electrons. The Labute approximate surface area is 444 Å². The van der Waals surface area contributed by atoms with Crippen LogP contribution in [-0.4, -0.2) is 57.3 Å². The first-order chi connectivity index (χ1) is 35.0. The number of aliphatic hydroxyl groups is 4. The molecule has 71 heavy (non-hydrogen) atoms. The summed E-state index contributed by atoms with van der Waals surface area (Å²) in [6.45, 7) is 4.09. The van der Waals surface area contributed by atoms with E-state index in [1.807, 2.05) is 0 Å². The molecule has 0 aromatic rings. The van der Waals surface area contributed by atoms with Gasteiger partial charge in [-0.15, -0.1) is 0 Å². The van der Waals surface area contributed by atoms with Crippen molar-refractivity contribution in [2.45, 2.75) is 379 Å². The maximum Gasteiger partial charge on any atom is 0.249 e. The Morgan fingerprint density at radius 3 is 0.887 bits per heavy atom. The lowest BCUT2D eigenvalue weighted by Crippen LogP contribution is -2.53. The van der Waals surface area contributed by atoms with Crippen LogP contribution < -0.4 is 5.32 Å². The molecule has 6 nitrogen and oxygen atoms in total. The van der Waals surface area contributed by atoms with E-state index in [0.29, 0.717) is 19.3 Å². The summed E-state index contributed by atoms with van der Waals surface area (Å²) in [4.78, 5) is 12.6. The quantitative estimate of drug-likeness (QED) is 0.0308. The first-order valence-corrected chi connectivity index (χ1v) is 32.2. The Balaban J connectivity index is 3.60. The van der Waals surface area contributed by atoms with Gasteiger partial charge in [0.1, 0.15) is 12.2 Å². The molecule has 6 heteroatoms. The van der Waals surface area contributed by atoms with Crippen molar-refractivity contribution in [1.82, 2.24) is 5.32 Å². The van der Waals surface area contributed by atoms with E-state index in [0.717, 1.165) is 38.5 Å². The van der Waals surface area contributed by atoms with Crippen molar-refractivity contribution >= 4 is 5.91 Å². The zero-order chi connectivity index (χ0) is 51.6. The lowest BCUT2D eigenvalue weighted by Gasteiger charge is -2.27. The molecule has 0 aromatic carbocycles. The highest BCUT2D eigenvalue weighted by Gasteiger charge is 2.28. The molecule has 0 fully saturated rings. The molecule has 0 aromatic heterocycles. The molecule has 5 N–H and O–H groups in total. The summed E-state index contributed by atoms with van der Waals surface area (Å²) in [5.41, 5.74) is 0. The topological polar surface area (TPSA) is 110 Å². The van der Waals surface area contributed by atoms with Gasteiger partial charge in [-0.1, -0.05) is 327 Å². The number of carbonyl (C=O) groups is 1. The summed E-state index contributed by atoms with van der Waals surface area (Å²) in [7, 11) is 0. The number of unbranched alkanes of at least 4 members (excludes halogenated alkanes) is 47. The second kappa shape index (κ2) is 59.7. The van der Waals surface area contributed by atoms with Crippen molar-refractivity contribution in [3.05, 3.63) is 24.3 Å². The third-order valence-corrected chi connectivity index (χ3v) is 15.4. The van der Waals surface area contributed by atoms with Crippen LogP contribution in [-0.2, 0) is 4.79 Å². The molecule has 0 aliphatic carbocycles. The molecule has 0 saturated carbocycles. The molecule has 4 atom stereocenters. The van der Waals surface area contributed by atoms with E-state index in [4.69, 9.17) is 0 Å². The molecule has 0 saturated heterocycles. The third-order valence-electron chi connectivity index (χ3n) is 15.4. The van der Waals surface area contributed by atoms with E-state index in [2.05, 4.69) is 43.5 Å². The smallest absolute Gasteiger partial charge is 0.249 e. The summed E-state index contributed by atoms with van der Waals surface area (Å²) >= 11 is 0. The number of allylic oxidation sites excluding steroid dienone is 4. The predicted molar refractivity (Wildman–Crippen MR) is 311 cm³/mol. The fraction of sp³-hybridized carbons (Fsp3) is 0.923. The lowest BCUT2D eigenvalue weighted by atomic mass is 10.00. The Morgan fingerprint density at radius 2 is 0.592 bits per heavy atom. The highest BCUT2D eigenvalue weighted by Crippen LogP contribution is 2.19. The van der Waals surface area contributed by atoms with Crippen LogP contribution in [0.2, 0.25) is 0 Å². The largest absolute Gasteiger partial charge is 0.394 e. The first-order valence-electron chi connectivity index (χ1n) is 32.2. The van der Waals surface area contributed by atoms with Crippen LogP contribution in [0.15, 0.2) is 24.3 Å². The van der Waals surface area contributed by atoms with Gasteiger partial charge >= 0.3 is 0 Å². The molecule has 0 heterocycles. The average Bonchev–Trinajstić information content (AvgIpc) is 3.38. The van der Waals surface area contributed by atoms with E-state index in [1.54, 1.807) is 0 Å². The standard InChI is InChI=1S/C65H127NO5/c1-3-5-7-9-11-13-15-17-19-21-23-25-27-28-29-30-31-32-33-34-35-37-38-40-42-44-46-48-50-52-54-56-58-62(68)64(70)61(60-67)66-65(71)63(69)59-57-55-53-51-49-47-45-43-41-39-36-26-24-22-20-18-16-14-12-10-8-6-4-2/h42,44,50,52,61-64,67-70H,3-41,43,45-49,51,53-60H2,1-2H3,(H,66,71)/b44-42+,52-50+. The predicted octanol–water partition coefficient (Wildman–Crippen LogP) is 19.4. The van der Waals surface area contributed by atoms with E-state index < -0.39 is 36.9 Å². The Morgan fingerprint density at radius 1 is 0.338 bits per heavy atom. The van der Waals surface area contributed by atoms with Crippen molar-refractivity contribution in [3.8, 4) is 0 Å². The third kappa shape index (κ3) is 53.4. The molecule has 1 amide bonds. The van der Waals surface area contributed by atoms with Gasteiger partial charge in [-0.2, -0.15) is 0 Å². The Bertz CT molecular complexity index is 1080. The van der Waals surface area contributed by atoms with Crippen molar-refractivity contribution < 1.29 is 25.2 Å². The molecule has 0 rings (SSSR count). The number of hydrogen-bond acceptors (Lipinski definition) is 5. The van der Waals surface area contributed by atoms with Crippen LogP contribution in [0, 0.1) is 0 Å². The van der Waals surface area contributed by atoms with Crippen molar-refractivity contribution in [3.63, 3.8) is 0 Å². The van der Waals surface area contributed by atoms with Gasteiger partial charge in [0.25, 0.3) is 0 Å². The van der Waals surface area contributed by atoms with Crippen molar-refractivity contribution in [1.29, 1.82) is 0 Å². The monoisotopic (exact) mass is 1000 g/mol. The molecule has 0 radical (unpaired) electrons. The molecule has 0 aliphatic rings. The minimum atomic E-state index is -1.29. The lowest BCUT2D eigenvalue weighted by molar-refractivity contribution is -0.132. The second-order valence-corrected chi connectivity index (χ2v) is 22.5. The van der Waals surface area contributed by atoms with Crippen LogP contribution in [0.4, 0.5) is 0 Å². The zero-order valence-corrected chi connectivity index (χ0v) is 48.0. The number of rotatable bonds is 60. The number of aliphatic hydroxyl groups excluding tert-OH is 4. The SMILES string of the molecule is CCCCCCCCCCCCCCCCCCCCCCCCC/C=C/CC/C=C/CCCC(O)C(O)C(CO)NC(=O)C(O)CCCCCCCCCCCCCCCCCCCCCCCCC. The molecule has 0 aliphatic heterocycles. The number of amides is 1. The molecule has 0 spiro atoms. The first kappa shape index (κ1) is 69.8. The summed E-state index contributed by atoms with van der Waals surface area (Å²) in [6, 6.07) is -1.01. The van der Waals surface area contributed by atoms with Gasteiger partial charge in [-0.25, -0.2) is 0 Å². The summed E-state index contributed by atoms with van der Waals surface area (Å²) in [6.07, 6.45) is 74.3. The van der Waals surface area contributed by atoms with Crippen LogP contribution in [0.25, 0.3) is 0 Å². The van der Waals surface area contributed by atoms with Gasteiger partial charge in [-0.05, 0) is 51.4 Å². The minimum absolute atomic E-state index is 0.365. The van der Waals surface area contributed by atoms with E-state index in [9.17, 15) is 25.2 Å². The Hall–Kier alpha value is -1.21. The van der Waals surface area contributed by atoms with E-state index in [-0.39, 0.29) is 0 Å². The fourth-order valence-corrected chi connectivity index (χ4v) is 10.4. The highest BCUT2D eigenvalue weighted by molar-refractivity contribution is 5.80. The number of hydrogen-bond donors (Lipinski definition) is 5. The van der Waals surface area contributed by atoms with Crippen LogP contribution >= 0.6 is 0 Å². The van der Waals surface area contributed by atoms with Crippen molar-refractivity contribution in [2.24, 2.45) is 0 Å². The van der Waals surface area contributed by atoms with Gasteiger partial charge in [0.15, 0.2) is 0 Å².